The summed E-state index contributed by atoms with van der Waals surface area (Å²) in [6.45, 7) is 0. The minimum atomic E-state index is -0.958. The first-order valence-electron chi connectivity index (χ1n) is 3.28. The highest BCUT2D eigenvalue weighted by molar-refractivity contribution is 6.04. The minimum Gasteiger partial charge on any atom is -0.478 e. The number of nitrogens with zero attached hydrogens (tertiary/aromatic N) is 2. The highest BCUT2D eigenvalue weighted by Gasteiger charge is 2.18. The fraction of sp³-hybridized carbons (Fsp3) is 0. The van der Waals surface area contributed by atoms with Crippen LogP contribution in [0.5, 0.6) is 0 Å². The number of hydrazine groups is 2. The summed E-state index contributed by atoms with van der Waals surface area (Å²) in [7, 11) is 0. The number of nitrogens with one attached hydrogen (secondary N) is 2. The van der Waals surface area contributed by atoms with Gasteiger partial charge in [0.15, 0.2) is 5.84 Å². The first kappa shape index (κ1) is 6.86. The van der Waals surface area contributed by atoms with Crippen LogP contribution in [0, 0.1) is 0 Å². The number of hydrogen-bond donors (Lipinski definition) is 3. The molecule has 0 aromatic carbocycles. The molecular weight excluding hydrogens is 160 g/mol. The third-order valence-corrected chi connectivity index (χ3v) is 1.52. The van der Waals surface area contributed by atoms with Gasteiger partial charge >= 0.3 is 5.97 Å². The molecule has 62 valence electrons. The van der Waals surface area contributed by atoms with E-state index in [1.807, 2.05) is 0 Å². The number of aliphatic carboxylic acids is 1. The van der Waals surface area contributed by atoms with Crippen molar-refractivity contribution < 1.29 is 9.90 Å². The third-order valence-electron chi connectivity index (χ3n) is 1.52. The molecule has 2 rings (SSSR count). The summed E-state index contributed by atoms with van der Waals surface area (Å²) in [6, 6.07) is 0. The van der Waals surface area contributed by atoms with Crippen LogP contribution in [0.25, 0.3) is 0 Å². The lowest BCUT2D eigenvalue weighted by atomic mass is 10.2. The van der Waals surface area contributed by atoms with Crippen molar-refractivity contribution in [3.05, 3.63) is 23.9 Å². The molecule has 0 aliphatic carbocycles. The van der Waals surface area contributed by atoms with Gasteiger partial charge in [-0.25, -0.2) is 15.3 Å². The maximum absolute atomic E-state index is 10.5. The maximum atomic E-state index is 10.5. The maximum Gasteiger partial charge on any atom is 0.335 e. The molecule has 6 heteroatoms. The average molecular weight is 166 g/mol. The Morgan fingerprint density at radius 3 is 3.25 bits per heavy atom. The number of fused-ring (bicyclic) bond motifs is 1. The van der Waals surface area contributed by atoms with Gasteiger partial charge in [0.1, 0.15) is 0 Å². The lowest BCUT2D eigenvalue weighted by Gasteiger charge is -2.14. The fourth-order valence-corrected chi connectivity index (χ4v) is 0.938. The zero-order chi connectivity index (χ0) is 8.55. The van der Waals surface area contributed by atoms with Crippen LogP contribution in [0.4, 0.5) is 0 Å². The van der Waals surface area contributed by atoms with Gasteiger partial charge < -0.3 is 5.11 Å². The van der Waals surface area contributed by atoms with Gasteiger partial charge in [-0.15, -0.1) is 10.6 Å². The van der Waals surface area contributed by atoms with Gasteiger partial charge in [0.05, 0.1) is 5.57 Å². The van der Waals surface area contributed by atoms with E-state index in [0.717, 1.165) is 0 Å². The van der Waals surface area contributed by atoms with E-state index in [0.29, 0.717) is 5.84 Å². The van der Waals surface area contributed by atoms with E-state index in [9.17, 15) is 4.79 Å². The van der Waals surface area contributed by atoms with Crippen LogP contribution in [0.3, 0.4) is 0 Å². The molecule has 0 radical (unpaired) electrons. The molecule has 0 unspecified atom stereocenters. The van der Waals surface area contributed by atoms with Crippen molar-refractivity contribution in [1.29, 1.82) is 0 Å². The monoisotopic (exact) mass is 166 g/mol. The molecular formula is C6H6N4O2. The molecule has 2 aliphatic rings. The summed E-state index contributed by atoms with van der Waals surface area (Å²) in [5, 5.41) is 14.0. The lowest BCUT2D eigenvalue weighted by Crippen LogP contribution is -2.37. The van der Waals surface area contributed by atoms with E-state index in [1.165, 1.54) is 12.2 Å². The Morgan fingerprint density at radius 2 is 2.50 bits per heavy atom. The zero-order valence-corrected chi connectivity index (χ0v) is 5.98. The summed E-state index contributed by atoms with van der Waals surface area (Å²) in [4.78, 5) is 10.5. The Kier molecular flexibility index (Phi) is 1.34. The van der Waals surface area contributed by atoms with Gasteiger partial charge in [-0.3, -0.25) is 0 Å². The number of carboxylic acids is 1. The SMILES string of the molecule is O=C(O)C1=CC2=NNNN2C=C1. The minimum absolute atomic E-state index is 0.218. The van der Waals surface area contributed by atoms with Crippen LogP contribution in [-0.2, 0) is 4.79 Å². The summed E-state index contributed by atoms with van der Waals surface area (Å²) < 4.78 is 0. The number of carboxylic acid groups (broad SMARTS) is 1. The Hall–Kier alpha value is -1.82. The molecule has 12 heavy (non-hydrogen) atoms. The molecule has 0 aromatic rings. The summed E-state index contributed by atoms with van der Waals surface area (Å²) in [5.74, 6) is -0.421. The lowest BCUT2D eigenvalue weighted by molar-refractivity contribution is -0.132. The smallest absolute Gasteiger partial charge is 0.335 e. The van der Waals surface area contributed by atoms with Crippen LogP contribution in [0.1, 0.15) is 0 Å². The van der Waals surface area contributed by atoms with Crippen molar-refractivity contribution in [3.63, 3.8) is 0 Å². The topological polar surface area (TPSA) is 77.0 Å². The molecule has 0 aromatic heterocycles. The number of rotatable bonds is 1. The first-order chi connectivity index (χ1) is 5.77. The molecule has 0 bridgehead atoms. The number of carbonyl (C=O) groups is 1. The van der Waals surface area contributed by atoms with Crippen molar-refractivity contribution >= 4 is 11.8 Å². The largest absolute Gasteiger partial charge is 0.478 e. The van der Waals surface area contributed by atoms with E-state index < -0.39 is 5.97 Å². The number of amidine groups is 1. The van der Waals surface area contributed by atoms with Crippen molar-refractivity contribution in [3.8, 4) is 0 Å². The third kappa shape index (κ3) is 0.940. The Labute approximate surface area is 67.8 Å². The second-order valence-electron chi connectivity index (χ2n) is 2.28. The van der Waals surface area contributed by atoms with E-state index in [4.69, 9.17) is 5.11 Å². The van der Waals surface area contributed by atoms with Gasteiger partial charge in [-0.2, -0.15) is 0 Å². The Morgan fingerprint density at radius 1 is 1.67 bits per heavy atom. The van der Waals surface area contributed by atoms with Gasteiger partial charge in [0.25, 0.3) is 0 Å². The molecule has 3 N–H and O–H groups in total. The molecule has 0 saturated carbocycles. The van der Waals surface area contributed by atoms with Crippen LogP contribution >= 0.6 is 0 Å². The van der Waals surface area contributed by atoms with Crippen LogP contribution < -0.4 is 11.1 Å². The zero-order valence-electron chi connectivity index (χ0n) is 5.98. The average Bonchev–Trinajstić information content (AvgIpc) is 2.49. The summed E-state index contributed by atoms with van der Waals surface area (Å²) in [5.41, 5.74) is 5.39. The second kappa shape index (κ2) is 2.35. The number of hydrogen-bond acceptors (Lipinski definition) is 5. The van der Waals surface area contributed by atoms with Gasteiger partial charge in [-0.1, -0.05) is 0 Å². The normalized spacial score (nSPS) is 19.5. The Balaban J connectivity index is 2.31. The van der Waals surface area contributed by atoms with Crippen LogP contribution in [-0.4, -0.2) is 21.9 Å². The van der Waals surface area contributed by atoms with E-state index in [2.05, 4.69) is 16.2 Å². The Bertz CT molecular complexity index is 318. The quantitative estimate of drug-likeness (QED) is 0.473. The van der Waals surface area contributed by atoms with Gasteiger partial charge in [0, 0.05) is 6.20 Å². The van der Waals surface area contributed by atoms with Crippen molar-refractivity contribution in [2.24, 2.45) is 5.10 Å². The summed E-state index contributed by atoms with van der Waals surface area (Å²) >= 11 is 0. The molecule has 0 saturated heterocycles. The van der Waals surface area contributed by atoms with Crippen LogP contribution in [0.15, 0.2) is 29.0 Å². The van der Waals surface area contributed by atoms with E-state index >= 15 is 0 Å². The summed E-state index contributed by atoms with van der Waals surface area (Å²) in [6.07, 6.45) is 4.54. The molecule has 2 heterocycles. The van der Waals surface area contributed by atoms with Crippen molar-refractivity contribution in [2.45, 2.75) is 0 Å². The molecule has 6 nitrogen and oxygen atoms in total. The predicted molar refractivity (Wildman–Crippen MR) is 40.4 cm³/mol. The highest BCUT2D eigenvalue weighted by Crippen LogP contribution is 2.08. The molecule has 0 spiro atoms. The molecule has 0 atom stereocenters. The van der Waals surface area contributed by atoms with E-state index in [-0.39, 0.29) is 5.57 Å². The van der Waals surface area contributed by atoms with Crippen molar-refractivity contribution in [2.75, 3.05) is 0 Å². The number of hydrazone groups is 1. The standard InChI is InChI=1S/C6H6N4O2/c11-6(12)4-1-2-10-5(3-4)7-8-9-10/h1-3,8-9H,(H,11,12). The first-order valence-corrected chi connectivity index (χ1v) is 3.28. The van der Waals surface area contributed by atoms with Gasteiger partial charge in [-0.05, 0) is 12.2 Å². The van der Waals surface area contributed by atoms with Crippen molar-refractivity contribution in [1.82, 2.24) is 16.1 Å². The molecule has 0 amide bonds. The fourth-order valence-electron chi connectivity index (χ4n) is 0.938. The van der Waals surface area contributed by atoms with Gasteiger partial charge in [0.2, 0.25) is 0 Å². The van der Waals surface area contributed by atoms with Crippen LogP contribution in [0.2, 0.25) is 0 Å². The highest BCUT2D eigenvalue weighted by atomic mass is 16.4. The molecule has 2 aliphatic heterocycles. The van der Waals surface area contributed by atoms with E-state index in [1.54, 1.807) is 11.2 Å². The predicted octanol–water partition coefficient (Wildman–Crippen LogP) is -0.837. The molecule has 0 fully saturated rings. The second-order valence-corrected chi connectivity index (χ2v) is 2.28.